The van der Waals surface area contributed by atoms with Crippen molar-refractivity contribution in [2.24, 2.45) is 0 Å². The highest BCUT2D eigenvalue weighted by Crippen LogP contribution is 2.48. The van der Waals surface area contributed by atoms with Crippen LogP contribution in [0.2, 0.25) is 0 Å². The molecule has 3 heterocycles. The molecule has 12 rings (SSSR count). The molecule has 0 unspecified atom stereocenters. The highest BCUT2D eigenvalue weighted by molar-refractivity contribution is 6.07. The third-order valence-corrected chi connectivity index (χ3v) is 11.7. The Kier molecular flexibility index (Phi) is 7.82. The predicted molar refractivity (Wildman–Crippen MR) is 245 cm³/mol. The maximum Gasteiger partial charge on any atom is 0.160 e. The van der Waals surface area contributed by atoms with Gasteiger partial charge < -0.3 is 9.15 Å². The number of fused-ring (bicyclic) bond motifs is 5. The van der Waals surface area contributed by atoms with Crippen molar-refractivity contribution in [3.05, 3.63) is 206 Å². The van der Waals surface area contributed by atoms with Crippen LogP contribution in [0.25, 0.3) is 111 Å². The molecule has 60 heavy (non-hydrogen) atoms. The van der Waals surface area contributed by atoms with E-state index in [0.717, 1.165) is 106 Å². The number of hydrogen-bond acceptors (Lipinski definition) is 4. The molecule has 0 aliphatic carbocycles. The lowest BCUT2D eigenvalue weighted by Crippen LogP contribution is -1.98. The number of rotatable bonds is 6. The Morgan fingerprint density at radius 2 is 0.917 bits per heavy atom. The molecule has 0 atom stereocenters. The van der Waals surface area contributed by atoms with Gasteiger partial charge in [0.15, 0.2) is 5.82 Å². The van der Waals surface area contributed by atoms with Gasteiger partial charge in [0.05, 0.1) is 11.4 Å². The molecule has 9 aromatic carbocycles. The Labute approximate surface area is 346 Å². The van der Waals surface area contributed by atoms with Crippen LogP contribution in [0.15, 0.2) is 211 Å². The van der Waals surface area contributed by atoms with E-state index in [2.05, 4.69) is 170 Å². The number of ether oxygens (including phenoxy) is 1. The Hall–Kier alpha value is -8.08. The van der Waals surface area contributed by atoms with Gasteiger partial charge in [0.25, 0.3) is 0 Å². The van der Waals surface area contributed by atoms with E-state index in [-0.39, 0.29) is 0 Å². The molecule has 1 aliphatic rings. The topological polar surface area (TPSA) is 48.2 Å². The van der Waals surface area contributed by atoms with Crippen LogP contribution in [0, 0.1) is 0 Å². The first-order valence-electron chi connectivity index (χ1n) is 20.2. The zero-order valence-corrected chi connectivity index (χ0v) is 32.3. The maximum absolute atomic E-state index is 6.51. The molecule has 1 aliphatic heterocycles. The number of aromatic nitrogens is 2. The first-order chi connectivity index (χ1) is 29.7. The molecule has 0 fully saturated rings. The first-order valence-corrected chi connectivity index (χ1v) is 20.2. The van der Waals surface area contributed by atoms with Crippen LogP contribution in [0.3, 0.4) is 0 Å². The van der Waals surface area contributed by atoms with Gasteiger partial charge in [-0.05, 0) is 105 Å². The SMILES string of the molecule is c1ccc(-c2ccc(-c3cc(-c4cc(-c5ccc6c(c5)-c5cccc7cccc(c57)O6)cc(-c5ccc6oc7ccccc7c6c5)c4)nc(-c4ccccc4)n3)cc2)cc1. The number of benzene rings is 9. The van der Waals surface area contributed by atoms with Gasteiger partial charge in [-0.1, -0.05) is 146 Å². The maximum atomic E-state index is 6.51. The van der Waals surface area contributed by atoms with Crippen LogP contribution < -0.4 is 4.74 Å². The minimum Gasteiger partial charge on any atom is -0.456 e. The van der Waals surface area contributed by atoms with E-state index < -0.39 is 0 Å². The van der Waals surface area contributed by atoms with Crippen LogP contribution >= 0.6 is 0 Å². The molecule has 0 bridgehead atoms. The summed E-state index contributed by atoms with van der Waals surface area (Å²) in [6.45, 7) is 0. The molecule has 4 heteroatoms. The lowest BCUT2D eigenvalue weighted by atomic mass is 9.90. The largest absolute Gasteiger partial charge is 0.456 e. The fourth-order valence-corrected chi connectivity index (χ4v) is 8.68. The molecular weight excluding hydrogens is 733 g/mol. The highest BCUT2D eigenvalue weighted by atomic mass is 16.5. The van der Waals surface area contributed by atoms with E-state index in [0.29, 0.717) is 5.82 Å². The van der Waals surface area contributed by atoms with Crippen LogP contribution in [-0.2, 0) is 0 Å². The van der Waals surface area contributed by atoms with Crippen LogP contribution in [0.4, 0.5) is 0 Å². The summed E-state index contributed by atoms with van der Waals surface area (Å²) >= 11 is 0. The van der Waals surface area contributed by atoms with E-state index in [1.54, 1.807) is 0 Å². The standard InChI is InChI=1S/C56H34N2O2/c1-3-11-35(12-4-1)36-21-23-37(24-22-36)49-34-50(58-56(57-49)39-13-5-2-6-14-39)44-30-42(40-25-27-52-47(32-40)45-17-7-8-19-51(45)59-52)29-43(31-44)41-26-28-53-48(33-41)46-18-9-15-38-16-10-20-54(60-53)55(38)46/h1-34H. The Morgan fingerprint density at radius 3 is 1.72 bits per heavy atom. The third-order valence-electron chi connectivity index (χ3n) is 11.7. The van der Waals surface area contributed by atoms with Crippen molar-refractivity contribution in [2.45, 2.75) is 0 Å². The molecule has 280 valence electrons. The molecule has 0 radical (unpaired) electrons. The van der Waals surface area contributed by atoms with Gasteiger partial charge in [-0.15, -0.1) is 0 Å². The van der Waals surface area contributed by atoms with Crippen molar-refractivity contribution in [1.29, 1.82) is 0 Å². The van der Waals surface area contributed by atoms with Gasteiger partial charge in [-0.2, -0.15) is 0 Å². The molecular formula is C56H34N2O2. The lowest BCUT2D eigenvalue weighted by molar-refractivity contribution is 0.487. The minimum atomic E-state index is 0.672. The lowest BCUT2D eigenvalue weighted by Gasteiger charge is -2.22. The molecule has 0 spiro atoms. The summed E-state index contributed by atoms with van der Waals surface area (Å²) in [5, 5.41) is 4.48. The van der Waals surface area contributed by atoms with Crippen molar-refractivity contribution in [3.8, 4) is 89.9 Å². The normalized spacial score (nSPS) is 11.8. The number of hydrogen-bond donors (Lipinski definition) is 0. The summed E-state index contributed by atoms with van der Waals surface area (Å²) in [6, 6.07) is 72.2. The van der Waals surface area contributed by atoms with Gasteiger partial charge in [0, 0.05) is 38.4 Å². The van der Waals surface area contributed by atoms with Gasteiger partial charge in [-0.3, -0.25) is 0 Å². The Morgan fingerprint density at radius 1 is 0.317 bits per heavy atom. The average molecular weight is 767 g/mol. The van der Waals surface area contributed by atoms with E-state index in [1.165, 1.54) is 11.1 Å². The first kappa shape index (κ1) is 34.0. The summed E-state index contributed by atoms with van der Waals surface area (Å²) in [5.41, 5.74) is 15.3. The Balaban J connectivity index is 1.06. The van der Waals surface area contributed by atoms with Gasteiger partial charge in [0.2, 0.25) is 0 Å². The van der Waals surface area contributed by atoms with E-state index in [1.807, 2.05) is 36.4 Å². The molecule has 11 aromatic rings. The summed E-state index contributed by atoms with van der Waals surface area (Å²) in [7, 11) is 0. The molecule has 2 aromatic heterocycles. The number of para-hydroxylation sites is 1. The van der Waals surface area contributed by atoms with Gasteiger partial charge in [0.1, 0.15) is 22.7 Å². The summed E-state index contributed by atoms with van der Waals surface area (Å²) < 4.78 is 12.8. The monoisotopic (exact) mass is 766 g/mol. The van der Waals surface area contributed by atoms with Crippen LogP contribution in [0.1, 0.15) is 0 Å². The van der Waals surface area contributed by atoms with Crippen molar-refractivity contribution in [3.63, 3.8) is 0 Å². The predicted octanol–water partition coefficient (Wildman–Crippen LogP) is 15.3. The molecule has 0 saturated heterocycles. The second-order valence-electron chi connectivity index (χ2n) is 15.4. The van der Waals surface area contributed by atoms with Crippen LogP contribution in [0.5, 0.6) is 11.5 Å². The van der Waals surface area contributed by atoms with Crippen molar-refractivity contribution in [1.82, 2.24) is 9.97 Å². The average Bonchev–Trinajstić information content (AvgIpc) is 3.70. The van der Waals surface area contributed by atoms with E-state index in [9.17, 15) is 0 Å². The van der Waals surface area contributed by atoms with Crippen molar-refractivity contribution >= 4 is 32.7 Å². The fourth-order valence-electron chi connectivity index (χ4n) is 8.68. The fraction of sp³-hybridized carbons (Fsp3) is 0. The zero-order chi connectivity index (χ0) is 39.6. The molecule has 0 amide bonds. The summed E-state index contributed by atoms with van der Waals surface area (Å²) in [4.78, 5) is 10.5. The van der Waals surface area contributed by atoms with Gasteiger partial charge in [-0.25, -0.2) is 9.97 Å². The highest BCUT2D eigenvalue weighted by Gasteiger charge is 2.21. The van der Waals surface area contributed by atoms with Crippen molar-refractivity contribution < 1.29 is 9.15 Å². The van der Waals surface area contributed by atoms with E-state index >= 15 is 0 Å². The van der Waals surface area contributed by atoms with Crippen LogP contribution in [-0.4, -0.2) is 9.97 Å². The zero-order valence-electron chi connectivity index (χ0n) is 32.3. The van der Waals surface area contributed by atoms with E-state index in [4.69, 9.17) is 19.1 Å². The molecule has 0 N–H and O–H groups in total. The third kappa shape index (κ3) is 5.85. The van der Waals surface area contributed by atoms with Gasteiger partial charge >= 0.3 is 0 Å². The summed E-state index contributed by atoms with van der Waals surface area (Å²) in [5.74, 6) is 2.41. The number of furan rings is 1. The second kappa shape index (κ2) is 13.8. The minimum absolute atomic E-state index is 0.672. The smallest absolute Gasteiger partial charge is 0.160 e. The molecule has 0 saturated carbocycles. The number of nitrogens with zero attached hydrogens (tertiary/aromatic N) is 2. The summed E-state index contributed by atoms with van der Waals surface area (Å²) in [6.07, 6.45) is 0. The molecule has 4 nitrogen and oxygen atoms in total. The Bertz CT molecular complexity index is 3440. The quantitative estimate of drug-likeness (QED) is 0.169. The van der Waals surface area contributed by atoms with Crippen molar-refractivity contribution in [2.75, 3.05) is 0 Å². The second-order valence-corrected chi connectivity index (χ2v) is 15.4.